The monoisotopic (exact) mass is 226 g/mol. The van der Waals surface area contributed by atoms with Crippen LogP contribution in [0.25, 0.3) is 0 Å². The number of aromatic carboxylic acids is 1. The number of aryl methyl sites for hydroxylation is 1. The summed E-state index contributed by atoms with van der Waals surface area (Å²) in [5.74, 6) is -1.68. The van der Waals surface area contributed by atoms with Crippen LogP contribution in [0, 0.1) is 0 Å². The molecule has 0 radical (unpaired) electrons. The van der Waals surface area contributed by atoms with Crippen molar-refractivity contribution in [1.82, 2.24) is 9.78 Å². The first-order chi connectivity index (χ1) is 7.41. The molecule has 1 unspecified atom stereocenters. The lowest BCUT2D eigenvalue weighted by atomic mass is 10.1. The molecule has 1 atom stereocenters. The van der Waals surface area contributed by atoms with Gasteiger partial charge in [-0.1, -0.05) is 0 Å². The molecule has 1 fully saturated rings. The Morgan fingerprint density at radius 3 is 2.88 bits per heavy atom. The Morgan fingerprint density at radius 2 is 2.38 bits per heavy atom. The van der Waals surface area contributed by atoms with Crippen LogP contribution in [0.3, 0.4) is 0 Å². The van der Waals surface area contributed by atoms with Gasteiger partial charge < -0.3 is 14.6 Å². The third kappa shape index (κ3) is 1.81. The van der Waals surface area contributed by atoms with Gasteiger partial charge in [0.15, 0.2) is 5.79 Å². The zero-order valence-corrected chi connectivity index (χ0v) is 9.43. The summed E-state index contributed by atoms with van der Waals surface area (Å²) < 4.78 is 12.5. The minimum absolute atomic E-state index is 0.161. The number of hydrogen-bond donors (Lipinski definition) is 1. The number of hydrogen-bond acceptors (Lipinski definition) is 4. The van der Waals surface area contributed by atoms with Crippen molar-refractivity contribution < 1.29 is 19.4 Å². The van der Waals surface area contributed by atoms with Crippen LogP contribution in [0.15, 0.2) is 6.20 Å². The van der Waals surface area contributed by atoms with Gasteiger partial charge in [-0.3, -0.25) is 4.68 Å². The molecule has 16 heavy (non-hydrogen) atoms. The molecular formula is C10H14N2O4. The Labute approximate surface area is 92.8 Å². The normalized spacial score (nSPS) is 23.6. The quantitative estimate of drug-likeness (QED) is 0.812. The summed E-state index contributed by atoms with van der Waals surface area (Å²) in [4.78, 5) is 11.0. The summed E-state index contributed by atoms with van der Waals surface area (Å²) in [7, 11) is 1.69. The molecule has 0 saturated carbocycles. The predicted molar refractivity (Wildman–Crippen MR) is 54.0 cm³/mol. The van der Waals surface area contributed by atoms with E-state index in [-0.39, 0.29) is 11.7 Å². The van der Waals surface area contributed by atoms with Crippen LogP contribution < -0.4 is 0 Å². The van der Waals surface area contributed by atoms with Gasteiger partial charge in [-0.15, -0.1) is 0 Å². The third-order valence-electron chi connectivity index (χ3n) is 2.53. The highest BCUT2D eigenvalue weighted by Crippen LogP contribution is 2.33. The lowest BCUT2D eigenvalue weighted by molar-refractivity contribution is -0.139. The fraction of sp³-hybridized carbons (Fsp3) is 0.600. The van der Waals surface area contributed by atoms with Gasteiger partial charge in [-0.25, -0.2) is 4.79 Å². The lowest BCUT2D eigenvalue weighted by Crippen LogP contribution is -2.20. The van der Waals surface area contributed by atoms with Crippen molar-refractivity contribution in [1.29, 1.82) is 0 Å². The molecule has 1 aliphatic heterocycles. The standard InChI is InChI=1S/C10H14N2O4/c1-10(2)15-5-7(16-10)8-6(9(13)14)4-11-12(8)3/h4,7H,5H2,1-3H3,(H,13,14). The van der Waals surface area contributed by atoms with Gasteiger partial charge in [0.1, 0.15) is 11.7 Å². The predicted octanol–water partition coefficient (Wildman–Crippen LogP) is 0.942. The van der Waals surface area contributed by atoms with Crippen molar-refractivity contribution in [2.75, 3.05) is 6.61 Å². The fourth-order valence-corrected chi connectivity index (χ4v) is 1.82. The molecule has 6 nitrogen and oxygen atoms in total. The second-order valence-corrected chi connectivity index (χ2v) is 4.19. The first-order valence-electron chi connectivity index (χ1n) is 4.97. The maximum atomic E-state index is 11.0. The summed E-state index contributed by atoms with van der Waals surface area (Å²) in [6, 6.07) is 0. The van der Waals surface area contributed by atoms with Gasteiger partial charge >= 0.3 is 5.97 Å². The molecule has 0 spiro atoms. The SMILES string of the molecule is Cn1ncc(C(=O)O)c1C1COC(C)(C)O1. The highest BCUT2D eigenvalue weighted by atomic mass is 16.7. The van der Waals surface area contributed by atoms with E-state index in [0.29, 0.717) is 12.3 Å². The largest absolute Gasteiger partial charge is 0.478 e. The molecule has 1 saturated heterocycles. The van der Waals surface area contributed by atoms with Crippen LogP contribution in [-0.4, -0.2) is 33.3 Å². The van der Waals surface area contributed by atoms with Crippen LogP contribution in [0.5, 0.6) is 0 Å². The topological polar surface area (TPSA) is 73.6 Å². The van der Waals surface area contributed by atoms with Crippen LogP contribution in [0.4, 0.5) is 0 Å². The summed E-state index contributed by atoms with van der Waals surface area (Å²) >= 11 is 0. The van der Waals surface area contributed by atoms with E-state index < -0.39 is 11.8 Å². The summed E-state index contributed by atoms with van der Waals surface area (Å²) in [6.45, 7) is 3.93. The number of carbonyl (C=O) groups is 1. The van der Waals surface area contributed by atoms with Crippen molar-refractivity contribution in [2.24, 2.45) is 7.05 Å². The molecule has 6 heteroatoms. The van der Waals surface area contributed by atoms with E-state index in [2.05, 4.69) is 5.10 Å². The zero-order valence-electron chi connectivity index (χ0n) is 9.43. The highest BCUT2D eigenvalue weighted by molar-refractivity contribution is 5.88. The smallest absolute Gasteiger partial charge is 0.339 e. The minimum Gasteiger partial charge on any atom is -0.478 e. The molecule has 2 rings (SSSR count). The molecule has 0 bridgehead atoms. The van der Waals surface area contributed by atoms with Crippen molar-refractivity contribution in [3.63, 3.8) is 0 Å². The molecule has 0 aliphatic carbocycles. The average molecular weight is 226 g/mol. The maximum Gasteiger partial charge on any atom is 0.339 e. The van der Waals surface area contributed by atoms with Gasteiger partial charge in [-0.05, 0) is 13.8 Å². The van der Waals surface area contributed by atoms with Crippen molar-refractivity contribution in [3.8, 4) is 0 Å². The Balaban J connectivity index is 2.34. The minimum atomic E-state index is -1.00. The zero-order chi connectivity index (χ0) is 11.9. The molecule has 1 N–H and O–H groups in total. The molecule has 1 aromatic rings. The van der Waals surface area contributed by atoms with E-state index >= 15 is 0 Å². The molecule has 1 aromatic heterocycles. The number of carboxylic acid groups (broad SMARTS) is 1. The summed E-state index contributed by atoms with van der Waals surface area (Å²) in [6.07, 6.45) is 0.945. The van der Waals surface area contributed by atoms with E-state index in [1.54, 1.807) is 20.9 Å². The van der Waals surface area contributed by atoms with E-state index in [4.69, 9.17) is 14.6 Å². The Hall–Kier alpha value is -1.40. The molecular weight excluding hydrogens is 212 g/mol. The number of nitrogens with zero attached hydrogens (tertiary/aromatic N) is 2. The fourth-order valence-electron chi connectivity index (χ4n) is 1.82. The second-order valence-electron chi connectivity index (χ2n) is 4.19. The van der Waals surface area contributed by atoms with E-state index in [1.807, 2.05) is 0 Å². The summed E-state index contributed by atoms with van der Waals surface area (Å²) in [5.41, 5.74) is 0.701. The summed E-state index contributed by atoms with van der Waals surface area (Å²) in [5, 5.41) is 13.0. The van der Waals surface area contributed by atoms with Crippen molar-refractivity contribution in [2.45, 2.75) is 25.7 Å². The second kappa shape index (κ2) is 3.57. The highest BCUT2D eigenvalue weighted by Gasteiger charge is 2.37. The first kappa shape index (κ1) is 11.1. The Kier molecular flexibility index (Phi) is 2.47. The number of ether oxygens (including phenoxy) is 2. The average Bonchev–Trinajstić information content (AvgIpc) is 2.69. The lowest BCUT2D eigenvalue weighted by Gasteiger charge is -2.17. The van der Waals surface area contributed by atoms with E-state index in [9.17, 15) is 4.79 Å². The number of carboxylic acids is 1. The van der Waals surface area contributed by atoms with Crippen LogP contribution in [0.2, 0.25) is 0 Å². The number of rotatable bonds is 2. The molecule has 2 heterocycles. The van der Waals surface area contributed by atoms with E-state index in [1.165, 1.54) is 10.9 Å². The maximum absolute atomic E-state index is 11.0. The van der Waals surface area contributed by atoms with Crippen LogP contribution in [0.1, 0.15) is 36.0 Å². The number of aromatic nitrogens is 2. The molecule has 1 aliphatic rings. The van der Waals surface area contributed by atoms with Gasteiger partial charge in [0.05, 0.1) is 18.5 Å². The third-order valence-corrected chi connectivity index (χ3v) is 2.53. The van der Waals surface area contributed by atoms with Gasteiger partial charge in [0.25, 0.3) is 0 Å². The van der Waals surface area contributed by atoms with E-state index in [0.717, 1.165) is 0 Å². The molecule has 88 valence electrons. The van der Waals surface area contributed by atoms with Crippen LogP contribution >= 0.6 is 0 Å². The van der Waals surface area contributed by atoms with Crippen LogP contribution in [-0.2, 0) is 16.5 Å². The molecule has 0 amide bonds. The van der Waals surface area contributed by atoms with Gasteiger partial charge in [0, 0.05) is 7.05 Å². The van der Waals surface area contributed by atoms with Crippen molar-refractivity contribution in [3.05, 3.63) is 17.5 Å². The van der Waals surface area contributed by atoms with Gasteiger partial charge in [-0.2, -0.15) is 5.10 Å². The molecule has 0 aromatic carbocycles. The van der Waals surface area contributed by atoms with Crippen molar-refractivity contribution >= 4 is 5.97 Å². The van der Waals surface area contributed by atoms with Gasteiger partial charge in [0.2, 0.25) is 0 Å². The Morgan fingerprint density at radius 1 is 1.69 bits per heavy atom. The Bertz CT molecular complexity index is 424. The first-order valence-corrected chi connectivity index (χ1v) is 4.97.